The lowest BCUT2D eigenvalue weighted by molar-refractivity contribution is -0.135. The molecule has 5 rings (SSSR count). The maximum absolute atomic E-state index is 13.9. The fourth-order valence-corrected chi connectivity index (χ4v) is 5.85. The van der Waals surface area contributed by atoms with E-state index in [0.717, 1.165) is 16.7 Å². The Morgan fingerprint density at radius 1 is 0.816 bits per heavy atom. The Labute approximate surface area is 241 Å². The summed E-state index contributed by atoms with van der Waals surface area (Å²) < 4.78 is 0. The Morgan fingerprint density at radius 3 is 1.79 bits per heavy atom. The van der Waals surface area contributed by atoms with Crippen molar-refractivity contribution in [2.75, 3.05) is 0 Å². The van der Waals surface area contributed by atoms with E-state index in [4.69, 9.17) is 52.1 Å². The average Bonchev–Trinajstić information content (AvgIpc) is 3.28. The van der Waals surface area contributed by atoms with Crippen molar-refractivity contribution in [1.82, 2.24) is 4.90 Å². The number of hydrogen-bond donors (Lipinski definition) is 1. The second-order valence-corrected chi connectivity index (χ2v) is 11.2. The number of piperidine rings is 1. The molecule has 0 aromatic heterocycles. The first-order chi connectivity index (χ1) is 18.2. The number of nitrogens with zero attached hydrogens (tertiary/aromatic N) is 1. The van der Waals surface area contributed by atoms with Crippen LogP contribution >= 0.6 is 46.4 Å². The first-order valence-electron chi connectivity index (χ1n) is 12.2. The van der Waals surface area contributed by atoms with E-state index in [-0.39, 0.29) is 23.8 Å². The van der Waals surface area contributed by atoms with Gasteiger partial charge in [-0.3, -0.25) is 9.59 Å². The van der Waals surface area contributed by atoms with Gasteiger partial charge in [0.15, 0.2) is 5.78 Å². The molecule has 2 N–H and O–H groups in total. The Balaban J connectivity index is 1.57. The minimum absolute atomic E-state index is 0.115. The highest BCUT2D eigenvalue weighted by atomic mass is 35.5. The fraction of sp³-hybridized carbons (Fsp3) is 0.200. The number of amides is 1. The highest BCUT2D eigenvalue weighted by Crippen LogP contribution is 2.42. The summed E-state index contributed by atoms with van der Waals surface area (Å²) in [7, 11) is 0. The van der Waals surface area contributed by atoms with E-state index < -0.39 is 6.04 Å². The van der Waals surface area contributed by atoms with Crippen LogP contribution in [0.2, 0.25) is 20.1 Å². The topological polar surface area (TPSA) is 63.4 Å². The third-order valence-electron chi connectivity index (χ3n) is 7.03. The van der Waals surface area contributed by atoms with E-state index in [0.29, 0.717) is 50.5 Å². The average molecular weight is 586 g/mol. The van der Waals surface area contributed by atoms with Crippen molar-refractivity contribution in [2.24, 2.45) is 5.73 Å². The summed E-state index contributed by atoms with van der Waals surface area (Å²) >= 11 is 24.7. The number of Topliss-reactive ketones (excluding diaryl/α,β-unsaturated/α-hetero) is 1. The molecule has 2 fully saturated rings. The van der Waals surface area contributed by atoms with Crippen LogP contribution in [0.3, 0.4) is 0 Å². The lowest BCUT2D eigenvalue weighted by Gasteiger charge is -2.39. The quantitative estimate of drug-likeness (QED) is 0.320. The van der Waals surface area contributed by atoms with Crippen LogP contribution < -0.4 is 5.73 Å². The number of rotatable bonds is 5. The number of nitrogens with two attached hydrogens (primary N) is 1. The number of carbonyl (C=O) groups is 2. The van der Waals surface area contributed by atoms with Gasteiger partial charge in [-0.1, -0.05) is 88.9 Å². The molecule has 1 amide bonds. The van der Waals surface area contributed by atoms with Crippen molar-refractivity contribution in [1.29, 1.82) is 0 Å². The SMILES string of the molecule is N[C@@H](Cc1ccccc1)C(=O)N1C2CCC1/C(=C\c1ccc(Cl)c(Cl)c1)C(=O)/C2=C/c1ccc(Cl)c(Cl)c1. The lowest BCUT2D eigenvalue weighted by Crippen LogP contribution is -2.55. The standard InChI is InChI=1S/C30H24Cl4N2O2/c31-22-8-6-18(14-24(22)33)12-20-27-10-11-28(21(29(20)37)13-19-7-9-23(32)25(34)15-19)36(27)30(38)26(35)16-17-4-2-1-3-5-17/h1-9,12-15,26-28H,10-11,16,35H2/b20-12+,21-13+/t26-,27?,28?/m0/s1. The third kappa shape index (κ3) is 5.42. The van der Waals surface area contributed by atoms with E-state index in [2.05, 4.69) is 0 Å². The molecule has 0 radical (unpaired) electrons. The van der Waals surface area contributed by atoms with E-state index in [1.807, 2.05) is 30.3 Å². The van der Waals surface area contributed by atoms with Crippen molar-refractivity contribution in [3.63, 3.8) is 0 Å². The Bertz CT molecular complexity index is 1390. The van der Waals surface area contributed by atoms with Gasteiger partial charge >= 0.3 is 0 Å². The molecule has 38 heavy (non-hydrogen) atoms. The van der Waals surface area contributed by atoms with Crippen molar-refractivity contribution < 1.29 is 9.59 Å². The summed E-state index contributed by atoms with van der Waals surface area (Å²) in [4.78, 5) is 29.5. The zero-order valence-corrected chi connectivity index (χ0v) is 23.2. The van der Waals surface area contributed by atoms with Crippen LogP contribution in [0.25, 0.3) is 12.2 Å². The Morgan fingerprint density at radius 2 is 1.32 bits per heavy atom. The molecule has 0 aliphatic carbocycles. The highest BCUT2D eigenvalue weighted by Gasteiger charge is 2.49. The number of benzene rings is 3. The van der Waals surface area contributed by atoms with E-state index in [9.17, 15) is 9.59 Å². The van der Waals surface area contributed by atoms with Crippen LogP contribution in [0.5, 0.6) is 0 Å². The molecule has 2 aliphatic heterocycles. The van der Waals surface area contributed by atoms with Gasteiger partial charge in [-0.05, 0) is 72.4 Å². The number of hydrogen-bond acceptors (Lipinski definition) is 3. The molecule has 2 heterocycles. The second kappa shape index (κ2) is 11.3. The Hall–Kier alpha value is -2.60. The largest absolute Gasteiger partial charge is 0.327 e. The molecule has 8 heteroatoms. The number of halogens is 4. The normalized spacial score (nSPS) is 21.8. The van der Waals surface area contributed by atoms with Crippen molar-refractivity contribution in [3.05, 3.63) is 115 Å². The van der Waals surface area contributed by atoms with Gasteiger partial charge in [0.05, 0.1) is 38.2 Å². The van der Waals surface area contributed by atoms with E-state index in [1.165, 1.54) is 0 Å². The molecular formula is C30H24Cl4N2O2. The summed E-state index contributed by atoms with van der Waals surface area (Å²) in [6.07, 6.45) is 5.28. The van der Waals surface area contributed by atoms with Gasteiger partial charge in [0.2, 0.25) is 5.91 Å². The molecular weight excluding hydrogens is 562 g/mol. The van der Waals surface area contributed by atoms with Crippen molar-refractivity contribution >= 4 is 70.2 Å². The zero-order chi connectivity index (χ0) is 27.0. The van der Waals surface area contributed by atoms with Gasteiger partial charge < -0.3 is 10.6 Å². The summed E-state index contributed by atoms with van der Waals surface area (Å²) in [5.74, 6) is -0.302. The molecule has 0 spiro atoms. The lowest BCUT2D eigenvalue weighted by atomic mass is 9.87. The van der Waals surface area contributed by atoms with Crippen LogP contribution in [0.15, 0.2) is 77.9 Å². The number of carbonyl (C=O) groups excluding carboxylic acids is 2. The molecule has 2 bridgehead atoms. The van der Waals surface area contributed by atoms with Gasteiger partial charge in [-0.15, -0.1) is 0 Å². The molecule has 3 aromatic carbocycles. The van der Waals surface area contributed by atoms with Gasteiger partial charge in [-0.25, -0.2) is 0 Å². The monoisotopic (exact) mass is 584 g/mol. The fourth-order valence-electron chi connectivity index (χ4n) is 5.23. The molecule has 194 valence electrons. The van der Waals surface area contributed by atoms with Crippen molar-refractivity contribution in [3.8, 4) is 0 Å². The summed E-state index contributed by atoms with van der Waals surface area (Å²) in [5.41, 5.74) is 9.92. The molecule has 3 aromatic rings. The Kier molecular flexibility index (Phi) is 7.99. The van der Waals surface area contributed by atoms with Gasteiger partial charge in [0.1, 0.15) is 0 Å². The molecule has 2 aliphatic rings. The van der Waals surface area contributed by atoms with Crippen LogP contribution in [0, 0.1) is 0 Å². The first-order valence-corrected chi connectivity index (χ1v) is 13.7. The summed E-state index contributed by atoms with van der Waals surface area (Å²) in [5, 5.41) is 1.62. The second-order valence-electron chi connectivity index (χ2n) is 9.53. The highest BCUT2D eigenvalue weighted by molar-refractivity contribution is 6.42. The van der Waals surface area contributed by atoms with Crippen LogP contribution in [-0.2, 0) is 16.0 Å². The van der Waals surface area contributed by atoms with Crippen molar-refractivity contribution in [2.45, 2.75) is 37.4 Å². The number of ketones is 1. The van der Waals surface area contributed by atoms with Crippen LogP contribution in [-0.4, -0.2) is 34.7 Å². The molecule has 4 nitrogen and oxygen atoms in total. The van der Waals surface area contributed by atoms with Crippen LogP contribution in [0.1, 0.15) is 29.5 Å². The van der Waals surface area contributed by atoms with Gasteiger partial charge in [-0.2, -0.15) is 0 Å². The maximum atomic E-state index is 13.9. The minimum Gasteiger partial charge on any atom is -0.327 e. The predicted octanol–water partition coefficient (Wildman–Crippen LogP) is 7.28. The van der Waals surface area contributed by atoms with Crippen LogP contribution in [0.4, 0.5) is 0 Å². The molecule has 2 saturated heterocycles. The zero-order valence-electron chi connectivity index (χ0n) is 20.2. The smallest absolute Gasteiger partial charge is 0.240 e. The summed E-state index contributed by atoms with van der Waals surface area (Å²) in [6.45, 7) is 0. The molecule has 2 unspecified atom stereocenters. The molecule has 3 atom stereocenters. The van der Waals surface area contributed by atoms with E-state index >= 15 is 0 Å². The summed E-state index contributed by atoms with van der Waals surface area (Å²) in [6, 6.07) is 18.5. The first kappa shape index (κ1) is 27.0. The van der Waals surface area contributed by atoms with Gasteiger partial charge in [0.25, 0.3) is 0 Å². The minimum atomic E-state index is -0.744. The van der Waals surface area contributed by atoms with E-state index in [1.54, 1.807) is 53.5 Å². The maximum Gasteiger partial charge on any atom is 0.240 e. The molecule has 0 saturated carbocycles. The van der Waals surface area contributed by atoms with Gasteiger partial charge in [0, 0.05) is 11.1 Å². The predicted molar refractivity (Wildman–Crippen MR) is 156 cm³/mol. The third-order valence-corrected chi connectivity index (χ3v) is 8.51. The number of fused-ring (bicyclic) bond motifs is 2.